The van der Waals surface area contributed by atoms with Gasteiger partial charge in [-0.2, -0.15) is 0 Å². The summed E-state index contributed by atoms with van der Waals surface area (Å²) in [7, 11) is 2.95. The van der Waals surface area contributed by atoms with Crippen LogP contribution in [0.4, 0.5) is 0 Å². The quantitative estimate of drug-likeness (QED) is 0.890. The number of Topliss-reactive ketones (excluding diaryl/α,β-unsaturated/α-hetero) is 1. The van der Waals surface area contributed by atoms with E-state index in [0.717, 1.165) is 16.5 Å². The van der Waals surface area contributed by atoms with Crippen molar-refractivity contribution in [2.75, 3.05) is 14.2 Å². The predicted molar refractivity (Wildman–Crippen MR) is 82.5 cm³/mol. The molecule has 0 atom stereocenters. The summed E-state index contributed by atoms with van der Waals surface area (Å²) in [6.45, 7) is 3.66. The van der Waals surface area contributed by atoms with E-state index in [0.29, 0.717) is 16.7 Å². The maximum Gasteiger partial charge on any atom is 0.235 e. The van der Waals surface area contributed by atoms with Crippen molar-refractivity contribution in [3.8, 4) is 11.5 Å². The van der Waals surface area contributed by atoms with Gasteiger partial charge in [0, 0.05) is 16.3 Å². The highest BCUT2D eigenvalue weighted by Crippen LogP contribution is 2.46. The molecule has 0 saturated carbocycles. The molecule has 2 aromatic rings. The molecule has 0 unspecified atom stereocenters. The van der Waals surface area contributed by atoms with Crippen molar-refractivity contribution in [2.24, 2.45) is 0 Å². The molecule has 0 aromatic heterocycles. The highest BCUT2D eigenvalue weighted by Gasteiger charge is 2.33. The van der Waals surface area contributed by atoms with Crippen LogP contribution in [0.15, 0.2) is 17.9 Å². The van der Waals surface area contributed by atoms with Crippen molar-refractivity contribution in [3.63, 3.8) is 0 Å². The number of hydrogen-bond acceptors (Lipinski definition) is 5. The summed E-state index contributed by atoms with van der Waals surface area (Å²) in [5.41, 5.74) is 2.24. The minimum atomic E-state index is -0.653. The number of hydrogen-bond donors (Lipinski definition) is 2. The van der Waals surface area contributed by atoms with Crippen LogP contribution in [0.5, 0.6) is 11.5 Å². The molecule has 114 valence electrons. The van der Waals surface area contributed by atoms with Gasteiger partial charge in [-0.15, -0.1) is 0 Å². The summed E-state index contributed by atoms with van der Waals surface area (Å²) in [5.74, 6) is -0.582. The van der Waals surface area contributed by atoms with E-state index in [1.165, 1.54) is 13.2 Å². The van der Waals surface area contributed by atoms with Crippen molar-refractivity contribution in [2.45, 2.75) is 13.8 Å². The number of carbonyl (C=O) groups excluding carboxylic acids is 1. The third-order valence-corrected chi connectivity index (χ3v) is 4.05. The number of ether oxygens (including phenoxy) is 2. The van der Waals surface area contributed by atoms with E-state index in [2.05, 4.69) is 0 Å². The number of ketones is 1. The van der Waals surface area contributed by atoms with Crippen LogP contribution in [0.1, 0.15) is 27.0 Å². The first-order chi connectivity index (χ1) is 10.4. The van der Waals surface area contributed by atoms with Gasteiger partial charge in [0.15, 0.2) is 5.76 Å². The van der Waals surface area contributed by atoms with Gasteiger partial charge < -0.3 is 19.7 Å². The fourth-order valence-electron chi connectivity index (χ4n) is 3.13. The summed E-state index contributed by atoms with van der Waals surface area (Å²) in [6.07, 6.45) is 0. The van der Waals surface area contributed by atoms with Gasteiger partial charge in [-0.25, -0.2) is 0 Å². The van der Waals surface area contributed by atoms with Gasteiger partial charge in [0.05, 0.1) is 19.8 Å². The van der Waals surface area contributed by atoms with Crippen LogP contribution in [0.3, 0.4) is 0 Å². The van der Waals surface area contributed by atoms with Crippen LogP contribution in [-0.2, 0) is 4.74 Å². The molecule has 0 spiro atoms. The van der Waals surface area contributed by atoms with Gasteiger partial charge in [0.2, 0.25) is 11.5 Å². The summed E-state index contributed by atoms with van der Waals surface area (Å²) in [5, 5.41) is 21.6. The van der Waals surface area contributed by atoms with Crippen LogP contribution < -0.4 is 4.74 Å². The molecular weight excluding hydrogens is 284 g/mol. The molecule has 3 rings (SSSR count). The van der Waals surface area contributed by atoms with Crippen molar-refractivity contribution in [3.05, 3.63) is 40.1 Å². The third kappa shape index (κ3) is 1.62. The minimum Gasteiger partial charge on any atom is -0.507 e. The van der Waals surface area contributed by atoms with Gasteiger partial charge in [0.25, 0.3) is 0 Å². The van der Waals surface area contributed by atoms with Gasteiger partial charge in [-0.05, 0) is 37.1 Å². The molecule has 2 aromatic carbocycles. The number of methoxy groups -OCH3 is 2. The number of aliphatic hydroxyl groups is 1. The molecule has 5 nitrogen and oxygen atoms in total. The van der Waals surface area contributed by atoms with Crippen LogP contribution in [0, 0.1) is 13.8 Å². The lowest BCUT2D eigenvalue weighted by atomic mass is 9.85. The normalized spacial score (nSPS) is 13.7. The minimum absolute atomic E-state index is 0.0795. The van der Waals surface area contributed by atoms with Crippen LogP contribution in [-0.4, -0.2) is 30.2 Å². The second-order valence-corrected chi connectivity index (χ2v) is 5.32. The smallest absolute Gasteiger partial charge is 0.235 e. The summed E-state index contributed by atoms with van der Waals surface area (Å²) in [4.78, 5) is 12.4. The maximum absolute atomic E-state index is 12.4. The summed E-state index contributed by atoms with van der Waals surface area (Å²) < 4.78 is 10.7. The molecule has 0 aliphatic heterocycles. The number of carbonyl (C=O) groups is 1. The van der Waals surface area contributed by atoms with Crippen LogP contribution in [0.2, 0.25) is 0 Å². The summed E-state index contributed by atoms with van der Waals surface area (Å²) in [6, 6.07) is 3.33. The molecule has 1 aliphatic rings. The number of aliphatic hydroxyl groups excluding tert-OH is 1. The van der Waals surface area contributed by atoms with Crippen molar-refractivity contribution < 1.29 is 24.5 Å². The Morgan fingerprint density at radius 3 is 2.18 bits per heavy atom. The number of phenolic OH excluding ortho intramolecular Hbond substituents is 1. The van der Waals surface area contributed by atoms with E-state index in [4.69, 9.17) is 9.47 Å². The standard InChI is InChI=1S/C17H16O5/c1-7-5-9(18)13-14-11(7)10(21-3)6-8(2)12(14)17(22-4)16(20)15(13)19/h5-6,18,20H,1-4H3. The Balaban J connectivity index is 2.65. The first-order valence-corrected chi connectivity index (χ1v) is 6.78. The molecule has 0 fully saturated rings. The maximum atomic E-state index is 12.4. The van der Waals surface area contributed by atoms with Gasteiger partial charge in [0.1, 0.15) is 11.5 Å². The molecule has 0 radical (unpaired) electrons. The van der Waals surface area contributed by atoms with Crippen LogP contribution in [0.25, 0.3) is 16.5 Å². The highest BCUT2D eigenvalue weighted by atomic mass is 16.5. The Morgan fingerprint density at radius 2 is 1.59 bits per heavy atom. The fourth-order valence-corrected chi connectivity index (χ4v) is 3.13. The zero-order valence-electron chi connectivity index (χ0n) is 12.8. The molecule has 0 saturated heterocycles. The fraction of sp³-hybridized carbons (Fsp3) is 0.235. The van der Waals surface area contributed by atoms with Crippen molar-refractivity contribution in [1.82, 2.24) is 0 Å². The van der Waals surface area contributed by atoms with E-state index < -0.39 is 11.5 Å². The molecular formula is C17H16O5. The number of benzene rings is 2. The van der Waals surface area contributed by atoms with E-state index in [1.54, 1.807) is 7.11 Å². The monoisotopic (exact) mass is 300 g/mol. The number of phenols is 1. The lowest BCUT2D eigenvalue weighted by Gasteiger charge is -2.24. The average Bonchev–Trinajstić information content (AvgIpc) is 2.47. The van der Waals surface area contributed by atoms with E-state index in [-0.39, 0.29) is 17.1 Å². The largest absolute Gasteiger partial charge is 0.507 e. The lowest BCUT2D eigenvalue weighted by Crippen LogP contribution is -2.15. The SMILES string of the molecule is COC1=C(O)C(=O)c2c(O)cc(C)c3c(OC)cc(C)c1c23. The lowest BCUT2D eigenvalue weighted by molar-refractivity contribution is 0.0970. The van der Waals surface area contributed by atoms with Gasteiger partial charge in [-0.1, -0.05) is 0 Å². The van der Waals surface area contributed by atoms with E-state index >= 15 is 0 Å². The van der Waals surface area contributed by atoms with Gasteiger partial charge >= 0.3 is 0 Å². The Labute approximate surface area is 127 Å². The molecule has 0 heterocycles. The molecule has 0 amide bonds. The molecule has 5 heteroatoms. The van der Waals surface area contributed by atoms with Crippen molar-refractivity contribution in [1.29, 1.82) is 0 Å². The Morgan fingerprint density at radius 1 is 0.909 bits per heavy atom. The highest BCUT2D eigenvalue weighted by molar-refractivity contribution is 6.25. The Hall–Kier alpha value is -2.69. The second-order valence-electron chi connectivity index (χ2n) is 5.32. The number of allylic oxidation sites excluding steroid dienone is 1. The predicted octanol–water partition coefficient (Wildman–Crippen LogP) is 3.24. The second kappa shape index (κ2) is 4.66. The molecule has 22 heavy (non-hydrogen) atoms. The topological polar surface area (TPSA) is 76.0 Å². The molecule has 1 aliphatic carbocycles. The number of aryl methyl sites for hydroxylation is 2. The average molecular weight is 300 g/mol. The van der Waals surface area contributed by atoms with Crippen LogP contribution >= 0.6 is 0 Å². The first kappa shape index (κ1) is 14.3. The third-order valence-electron chi connectivity index (χ3n) is 4.05. The zero-order valence-corrected chi connectivity index (χ0v) is 12.8. The molecule has 0 bridgehead atoms. The Bertz CT molecular complexity index is 861. The van der Waals surface area contributed by atoms with Crippen molar-refractivity contribution >= 4 is 22.3 Å². The zero-order chi connectivity index (χ0) is 16.2. The molecule has 2 N–H and O–H groups in total. The first-order valence-electron chi connectivity index (χ1n) is 6.78. The summed E-state index contributed by atoms with van der Waals surface area (Å²) >= 11 is 0. The van der Waals surface area contributed by atoms with E-state index in [9.17, 15) is 15.0 Å². The van der Waals surface area contributed by atoms with Gasteiger partial charge in [-0.3, -0.25) is 4.79 Å². The number of aromatic hydroxyl groups is 1. The van der Waals surface area contributed by atoms with E-state index in [1.807, 2.05) is 19.9 Å². The Kier molecular flexibility index (Phi) is 3.02. The number of rotatable bonds is 2.